The van der Waals surface area contributed by atoms with Crippen LogP contribution in [-0.4, -0.2) is 26.7 Å². The van der Waals surface area contributed by atoms with E-state index in [0.717, 1.165) is 11.3 Å². The molecule has 0 aliphatic rings. The van der Waals surface area contributed by atoms with Crippen molar-refractivity contribution in [3.05, 3.63) is 17.5 Å². The fourth-order valence-electron chi connectivity index (χ4n) is 1.20. The van der Waals surface area contributed by atoms with Crippen LogP contribution in [0.25, 0.3) is 0 Å². The smallest absolute Gasteiger partial charge is 0.309 e. The third kappa shape index (κ3) is 3.31. The summed E-state index contributed by atoms with van der Waals surface area (Å²) in [5.74, 6) is -1.30. The SMILES string of the molecule is CCOC(=O)C(C)CS(=O)(=O)c1cccs1. The molecule has 0 radical (unpaired) electrons. The van der Waals surface area contributed by atoms with Crippen molar-refractivity contribution in [2.24, 2.45) is 5.92 Å². The van der Waals surface area contributed by atoms with E-state index >= 15 is 0 Å². The average molecular weight is 262 g/mol. The second kappa shape index (κ2) is 5.45. The molecular formula is C10H14O4S2. The topological polar surface area (TPSA) is 60.4 Å². The zero-order chi connectivity index (χ0) is 12.2. The second-order valence-electron chi connectivity index (χ2n) is 3.37. The largest absolute Gasteiger partial charge is 0.466 e. The van der Waals surface area contributed by atoms with E-state index < -0.39 is 21.7 Å². The Labute approximate surface area is 99.2 Å². The van der Waals surface area contributed by atoms with Crippen molar-refractivity contribution in [3.63, 3.8) is 0 Å². The Morgan fingerprint density at radius 2 is 2.25 bits per heavy atom. The number of hydrogen-bond donors (Lipinski definition) is 0. The number of esters is 1. The summed E-state index contributed by atoms with van der Waals surface area (Å²) in [6.45, 7) is 3.52. The zero-order valence-electron chi connectivity index (χ0n) is 9.17. The highest BCUT2D eigenvalue weighted by molar-refractivity contribution is 7.93. The molecule has 0 fully saturated rings. The van der Waals surface area contributed by atoms with Gasteiger partial charge in [-0.05, 0) is 18.4 Å². The van der Waals surface area contributed by atoms with Crippen LogP contribution in [-0.2, 0) is 19.4 Å². The van der Waals surface area contributed by atoms with Crippen LogP contribution in [0.1, 0.15) is 13.8 Å². The second-order valence-corrected chi connectivity index (χ2v) is 6.58. The highest BCUT2D eigenvalue weighted by atomic mass is 32.2. The summed E-state index contributed by atoms with van der Waals surface area (Å²) < 4.78 is 28.7. The molecule has 0 amide bonds. The van der Waals surface area contributed by atoms with E-state index in [1.54, 1.807) is 25.3 Å². The molecule has 1 unspecified atom stereocenters. The van der Waals surface area contributed by atoms with E-state index in [4.69, 9.17) is 4.74 Å². The molecule has 1 rings (SSSR count). The number of ether oxygens (including phenoxy) is 1. The molecule has 0 N–H and O–H groups in total. The third-order valence-corrected chi connectivity index (χ3v) is 5.36. The van der Waals surface area contributed by atoms with E-state index in [0.29, 0.717) is 4.21 Å². The normalized spacial score (nSPS) is 13.4. The molecule has 90 valence electrons. The van der Waals surface area contributed by atoms with Gasteiger partial charge in [0, 0.05) is 0 Å². The monoisotopic (exact) mass is 262 g/mol. The van der Waals surface area contributed by atoms with E-state index in [1.807, 2.05) is 0 Å². The summed E-state index contributed by atoms with van der Waals surface area (Å²) in [5, 5.41) is 1.70. The molecule has 6 heteroatoms. The quantitative estimate of drug-likeness (QED) is 0.758. The van der Waals surface area contributed by atoms with E-state index in [-0.39, 0.29) is 12.4 Å². The standard InChI is InChI=1S/C10H14O4S2/c1-3-14-10(11)8(2)7-16(12,13)9-5-4-6-15-9/h4-6,8H,3,7H2,1-2H3. The van der Waals surface area contributed by atoms with Crippen LogP contribution in [0.5, 0.6) is 0 Å². The molecule has 0 spiro atoms. The van der Waals surface area contributed by atoms with Crippen molar-refractivity contribution in [1.29, 1.82) is 0 Å². The lowest BCUT2D eigenvalue weighted by Crippen LogP contribution is -2.23. The first-order valence-electron chi connectivity index (χ1n) is 4.90. The first-order valence-corrected chi connectivity index (χ1v) is 7.43. The Kier molecular flexibility index (Phi) is 4.49. The fraction of sp³-hybridized carbons (Fsp3) is 0.500. The molecule has 1 atom stereocenters. The van der Waals surface area contributed by atoms with E-state index in [2.05, 4.69) is 0 Å². The number of sulfone groups is 1. The van der Waals surface area contributed by atoms with Gasteiger partial charge in [-0.15, -0.1) is 11.3 Å². The Morgan fingerprint density at radius 3 is 2.75 bits per heavy atom. The van der Waals surface area contributed by atoms with Crippen LogP contribution in [0.15, 0.2) is 21.7 Å². The van der Waals surface area contributed by atoms with Crippen molar-refractivity contribution >= 4 is 27.1 Å². The number of carbonyl (C=O) groups is 1. The predicted octanol–water partition coefficient (Wildman–Crippen LogP) is 1.72. The summed E-state index contributed by atoms with van der Waals surface area (Å²) in [7, 11) is -3.36. The molecule has 0 aliphatic carbocycles. The lowest BCUT2D eigenvalue weighted by Gasteiger charge is -2.09. The molecule has 16 heavy (non-hydrogen) atoms. The van der Waals surface area contributed by atoms with Gasteiger partial charge in [-0.3, -0.25) is 4.79 Å². The Bertz CT molecular complexity index is 433. The van der Waals surface area contributed by atoms with Gasteiger partial charge in [-0.25, -0.2) is 8.42 Å². The number of rotatable bonds is 5. The first kappa shape index (κ1) is 13.2. The Morgan fingerprint density at radius 1 is 1.56 bits per heavy atom. The Hall–Kier alpha value is -0.880. The molecule has 0 aliphatic heterocycles. The molecule has 1 heterocycles. The van der Waals surface area contributed by atoms with E-state index in [9.17, 15) is 13.2 Å². The maximum Gasteiger partial charge on any atom is 0.309 e. The van der Waals surface area contributed by atoms with Gasteiger partial charge < -0.3 is 4.74 Å². The van der Waals surface area contributed by atoms with Crippen LogP contribution < -0.4 is 0 Å². The van der Waals surface area contributed by atoms with Crippen LogP contribution >= 0.6 is 11.3 Å². The van der Waals surface area contributed by atoms with Gasteiger partial charge in [-0.2, -0.15) is 0 Å². The highest BCUT2D eigenvalue weighted by Crippen LogP contribution is 2.19. The summed E-state index contributed by atoms with van der Waals surface area (Å²) in [4.78, 5) is 11.3. The molecule has 1 aromatic heterocycles. The van der Waals surface area contributed by atoms with Crippen LogP contribution in [0, 0.1) is 5.92 Å². The highest BCUT2D eigenvalue weighted by Gasteiger charge is 2.24. The lowest BCUT2D eigenvalue weighted by atomic mass is 10.2. The first-order chi connectivity index (χ1) is 7.47. The summed E-state index contributed by atoms with van der Waals surface area (Å²) >= 11 is 1.16. The summed E-state index contributed by atoms with van der Waals surface area (Å²) in [5.41, 5.74) is 0. The van der Waals surface area contributed by atoms with Gasteiger partial charge in [0.1, 0.15) is 4.21 Å². The number of carbonyl (C=O) groups excluding carboxylic acids is 1. The number of hydrogen-bond acceptors (Lipinski definition) is 5. The van der Waals surface area contributed by atoms with Crippen LogP contribution in [0.3, 0.4) is 0 Å². The maximum atomic E-state index is 11.8. The van der Waals surface area contributed by atoms with Gasteiger partial charge in [0.15, 0.2) is 9.84 Å². The molecule has 0 saturated carbocycles. The fourth-order valence-corrected chi connectivity index (χ4v) is 3.85. The Balaban J connectivity index is 2.71. The minimum absolute atomic E-state index is 0.202. The minimum Gasteiger partial charge on any atom is -0.466 e. The summed E-state index contributed by atoms with van der Waals surface area (Å²) in [6, 6.07) is 3.21. The van der Waals surface area contributed by atoms with Crippen molar-refractivity contribution in [1.82, 2.24) is 0 Å². The lowest BCUT2D eigenvalue weighted by molar-refractivity contribution is -0.146. The molecule has 0 bridgehead atoms. The number of thiophene rings is 1. The molecule has 4 nitrogen and oxygen atoms in total. The zero-order valence-corrected chi connectivity index (χ0v) is 10.8. The van der Waals surface area contributed by atoms with Crippen molar-refractivity contribution in [2.45, 2.75) is 18.1 Å². The van der Waals surface area contributed by atoms with Gasteiger partial charge in [0.25, 0.3) is 0 Å². The third-order valence-electron chi connectivity index (χ3n) is 1.96. The van der Waals surface area contributed by atoms with Crippen molar-refractivity contribution in [3.8, 4) is 0 Å². The van der Waals surface area contributed by atoms with Crippen LogP contribution in [0.4, 0.5) is 0 Å². The van der Waals surface area contributed by atoms with Crippen molar-refractivity contribution < 1.29 is 17.9 Å². The van der Waals surface area contributed by atoms with Crippen molar-refractivity contribution in [2.75, 3.05) is 12.4 Å². The van der Waals surface area contributed by atoms with E-state index in [1.165, 1.54) is 6.07 Å². The van der Waals surface area contributed by atoms with Gasteiger partial charge >= 0.3 is 5.97 Å². The maximum absolute atomic E-state index is 11.8. The van der Waals surface area contributed by atoms with Gasteiger partial charge in [0.05, 0.1) is 18.3 Å². The molecule has 0 aromatic carbocycles. The predicted molar refractivity (Wildman–Crippen MR) is 62.2 cm³/mol. The van der Waals surface area contributed by atoms with Gasteiger partial charge in [0.2, 0.25) is 0 Å². The summed E-state index contributed by atoms with van der Waals surface area (Å²) in [6.07, 6.45) is 0. The van der Waals surface area contributed by atoms with Crippen LogP contribution in [0.2, 0.25) is 0 Å². The minimum atomic E-state index is -3.36. The molecule has 1 aromatic rings. The average Bonchev–Trinajstić information content (AvgIpc) is 2.70. The van der Waals surface area contributed by atoms with Gasteiger partial charge in [-0.1, -0.05) is 13.0 Å². The molecular weight excluding hydrogens is 248 g/mol. The molecule has 0 saturated heterocycles.